The number of benzene rings is 1. The quantitative estimate of drug-likeness (QED) is 0.650. The molecule has 1 heteroatoms. The molecule has 1 aliphatic heterocycles. The Hall–Kier alpha value is -1.24. The molecule has 3 rings (SSSR count). The summed E-state index contributed by atoms with van der Waals surface area (Å²) in [6.45, 7) is 0. The smallest absolute Gasteiger partial charge is 0.0420 e. The molecule has 0 spiro atoms. The summed E-state index contributed by atoms with van der Waals surface area (Å²) in [5.74, 6) is 0. The molecule has 1 aromatic rings. The van der Waals surface area contributed by atoms with Gasteiger partial charge in [0.25, 0.3) is 0 Å². The average Bonchev–Trinajstić information content (AvgIpc) is 2.26. The highest BCUT2D eigenvalue weighted by Crippen LogP contribution is 2.35. The van der Waals surface area contributed by atoms with Gasteiger partial charge in [0.15, 0.2) is 0 Å². The second-order valence-electron chi connectivity index (χ2n) is 4.07. The number of hydrogen-bond acceptors (Lipinski definition) is 1. The summed E-state index contributed by atoms with van der Waals surface area (Å²) < 4.78 is 0. The molecule has 0 bridgehead atoms. The molecule has 2 aliphatic rings. The number of fused-ring (bicyclic) bond motifs is 1. The van der Waals surface area contributed by atoms with Crippen LogP contribution in [0.1, 0.15) is 31.2 Å². The zero-order chi connectivity index (χ0) is 9.38. The SMILES string of the molecule is [CH]1C2=C(CCCC2)Nc2ccccc21. The van der Waals surface area contributed by atoms with Crippen molar-refractivity contribution in [1.29, 1.82) is 0 Å². The zero-order valence-electron chi connectivity index (χ0n) is 8.22. The number of nitrogens with one attached hydrogen (secondary N) is 1. The van der Waals surface area contributed by atoms with E-state index in [2.05, 4.69) is 36.0 Å². The minimum Gasteiger partial charge on any atom is -0.359 e. The van der Waals surface area contributed by atoms with Gasteiger partial charge in [-0.2, -0.15) is 0 Å². The molecule has 0 amide bonds. The number of rotatable bonds is 0. The highest BCUT2D eigenvalue weighted by Gasteiger charge is 2.19. The fourth-order valence-corrected chi connectivity index (χ4v) is 2.32. The number of hydrogen-bond donors (Lipinski definition) is 1. The van der Waals surface area contributed by atoms with Crippen LogP contribution in [0.25, 0.3) is 0 Å². The largest absolute Gasteiger partial charge is 0.359 e. The van der Waals surface area contributed by atoms with Gasteiger partial charge < -0.3 is 5.32 Å². The minimum absolute atomic E-state index is 1.22. The summed E-state index contributed by atoms with van der Waals surface area (Å²) in [5.41, 5.74) is 5.59. The van der Waals surface area contributed by atoms with Crippen molar-refractivity contribution in [3.05, 3.63) is 47.5 Å². The fourth-order valence-electron chi connectivity index (χ4n) is 2.32. The summed E-state index contributed by atoms with van der Waals surface area (Å²) in [7, 11) is 0. The first-order valence-electron chi connectivity index (χ1n) is 5.36. The number of para-hydroxylation sites is 1. The molecule has 0 atom stereocenters. The van der Waals surface area contributed by atoms with Crippen molar-refractivity contribution in [3.8, 4) is 0 Å². The topological polar surface area (TPSA) is 12.0 Å². The second kappa shape index (κ2) is 3.16. The highest BCUT2D eigenvalue weighted by molar-refractivity contribution is 5.65. The number of allylic oxidation sites excluding steroid dienone is 2. The van der Waals surface area contributed by atoms with Crippen LogP contribution in [0.5, 0.6) is 0 Å². The predicted molar refractivity (Wildman–Crippen MR) is 59.0 cm³/mol. The maximum Gasteiger partial charge on any atom is 0.0420 e. The average molecular weight is 184 g/mol. The normalized spacial score (nSPS) is 19.7. The monoisotopic (exact) mass is 184 g/mol. The summed E-state index contributed by atoms with van der Waals surface area (Å²) in [6.07, 6.45) is 7.50. The van der Waals surface area contributed by atoms with Gasteiger partial charge in [-0.1, -0.05) is 18.2 Å². The predicted octanol–water partition coefficient (Wildman–Crippen LogP) is 3.49. The summed E-state index contributed by atoms with van der Waals surface area (Å²) in [4.78, 5) is 0. The third-order valence-electron chi connectivity index (χ3n) is 3.09. The standard InChI is InChI=1S/C13H14N/c1-3-7-12-10(5-1)9-11-6-2-4-8-13(11)14-12/h1,3,5,7,9,14H,2,4,6,8H2. The summed E-state index contributed by atoms with van der Waals surface area (Å²) in [6, 6.07) is 8.53. The Morgan fingerprint density at radius 2 is 1.86 bits per heavy atom. The second-order valence-corrected chi connectivity index (χ2v) is 4.07. The van der Waals surface area contributed by atoms with Crippen molar-refractivity contribution in [2.75, 3.05) is 5.32 Å². The van der Waals surface area contributed by atoms with Crippen molar-refractivity contribution in [2.24, 2.45) is 0 Å². The molecular weight excluding hydrogens is 170 g/mol. The Bertz CT molecular complexity index is 353. The molecule has 1 nitrogen and oxygen atoms in total. The van der Waals surface area contributed by atoms with Crippen LogP contribution < -0.4 is 5.32 Å². The molecule has 1 N–H and O–H groups in total. The van der Waals surface area contributed by atoms with Crippen molar-refractivity contribution >= 4 is 5.69 Å². The van der Waals surface area contributed by atoms with Gasteiger partial charge in [-0.25, -0.2) is 0 Å². The van der Waals surface area contributed by atoms with E-state index in [1.54, 1.807) is 0 Å². The van der Waals surface area contributed by atoms with Gasteiger partial charge in [0.1, 0.15) is 0 Å². The third-order valence-corrected chi connectivity index (χ3v) is 3.09. The van der Waals surface area contributed by atoms with Crippen LogP contribution in [0.3, 0.4) is 0 Å². The van der Waals surface area contributed by atoms with Gasteiger partial charge >= 0.3 is 0 Å². The molecule has 1 heterocycles. The Morgan fingerprint density at radius 1 is 1.00 bits per heavy atom. The third kappa shape index (κ3) is 1.24. The van der Waals surface area contributed by atoms with E-state index >= 15 is 0 Å². The Labute approximate surface area is 84.8 Å². The van der Waals surface area contributed by atoms with E-state index in [0.29, 0.717) is 0 Å². The first kappa shape index (κ1) is 8.10. The maximum atomic E-state index is 3.55. The Kier molecular flexibility index (Phi) is 1.83. The first-order valence-corrected chi connectivity index (χ1v) is 5.36. The lowest BCUT2D eigenvalue weighted by molar-refractivity contribution is 0.676. The van der Waals surface area contributed by atoms with Gasteiger partial charge in [0.2, 0.25) is 0 Å². The number of anilines is 1. The van der Waals surface area contributed by atoms with Crippen LogP contribution in [-0.4, -0.2) is 0 Å². The molecule has 0 unspecified atom stereocenters. The Morgan fingerprint density at radius 3 is 2.86 bits per heavy atom. The van der Waals surface area contributed by atoms with Crippen LogP contribution in [0.4, 0.5) is 5.69 Å². The van der Waals surface area contributed by atoms with Crippen LogP contribution in [0.15, 0.2) is 35.5 Å². The first-order chi connectivity index (χ1) is 6.93. The van der Waals surface area contributed by atoms with Crippen LogP contribution in [-0.2, 0) is 0 Å². The molecule has 1 aliphatic carbocycles. The highest BCUT2D eigenvalue weighted by atomic mass is 14.9. The minimum atomic E-state index is 1.22. The molecule has 0 fully saturated rings. The van der Waals surface area contributed by atoms with Crippen molar-refractivity contribution < 1.29 is 0 Å². The van der Waals surface area contributed by atoms with Crippen LogP contribution >= 0.6 is 0 Å². The van der Waals surface area contributed by atoms with Crippen molar-refractivity contribution in [1.82, 2.24) is 0 Å². The summed E-state index contributed by atoms with van der Waals surface area (Å²) >= 11 is 0. The van der Waals surface area contributed by atoms with E-state index in [1.165, 1.54) is 48.2 Å². The lowest BCUT2D eigenvalue weighted by Gasteiger charge is -2.27. The van der Waals surface area contributed by atoms with Gasteiger partial charge in [-0.3, -0.25) is 0 Å². The fraction of sp³-hybridized carbons (Fsp3) is 0.308. The van der Waals surface area contributed by atoms with Gasteiger partial charge in [0.05, 0.1) is 0 Å². The maximum absolute atomic E-state index is 3.55. The van der Waals surface area contributed by atoms with Crippen LogP contribution in [0, 0.1) is 6.42 Å². The van der Waals surface area contributed by atoms with Gasteiger partial charge in [-0.15, -0.1) is 0 Å². The van der Waals surface area contributed by atoms with E-state index in [1.807, 2.05) is 0 Å². The molecule has 0 aromatic heterocycles. The van der Waals surface area contributed by atoms with Crippen molar-refractivity contribution in [3.63, 3.8) is 0 Å². The van der Waals surface area contributed by atoms with E-state index in [9.17, 15) is 0 Å². The summed E-state index contributed by atoms with van der Waals surface area (Å²) in [5, 5.41) is 3.55. The molecule has 1 radical (unpaired) electrons. The molecule has 14 heavy (non-hydrogen) atoms. The van der Waals surface area contributed by atoms with E-state index in [0.717, 1.165) is 0 Å². The van der Waals surface area contributed by atoms with Crippen molar-refractivity contribution in [2.45, 2.75) is 25.7 Å². The lowest BCUT2D eigenvalue weighted by atomic mass is 9.88. The molecule has 0 saturated carbocycles. The van der Waals surface area contributed by atoms with Crippen LogP contribution in [0.2, 0.25) is 0 Å². The van der Waals surface area contributed by atoms with E-state index in [-0.39, 0.29) is 0 Å². The molecule has 0 saturated heterocycles. The van der Waals surface area contributed by atoms with E-state index < -0.39 is 0 Å². The molecule has 71 valence electrons. The molecular formula is C13H14N. The molecule has 1 aromatic carbocycles. The lowest BCUT2D eigenvalue weighted by Crippen LogP contribution is -2.14. The zero-order valence-corrected chi connectivity index (χ0v) is 8.22. The van der Waals surface area contributed by atoms with Gasteiger partial charge in [0, 0.05) is 17.8 Å². The Balaban J connectivity index is 1.99. The van der Waals surface area contributed by atoms with Gasteiger partial charge in [-0.05, 0) is 42.9 Å². The van der Waals surface area contributed by atoms with E-state index in [4.69, 9.17) is 0 Å².